The molecule has 2 heterocycles. The fraction of sp³-hybridized carbons (Fsp3) is 0.407. The first kappa shape index (κ1) is 24.5. The number of benzene rings is 2. The van der Waals surface area contributed by atoms with Gasteiger partial charge in [0.05, 0.1) is 6.61 Å². The molecule has 1 saturated heterocycles. The number of rotatable bonds is 7. The predicted molar refractivity (Wildman–Crippen MR) is 140 cm³/mol. The lowest BCUT2D eigenvalue weighted by molar-refractivity contribution is 0.0265. The minimum absolute atomic E-state index is 0.0253. The SMILES string of the molecule is C[C@H](/C=C/CO[Si](c1ccccc1)(c1ccccc1)C(C)(C)C)[C@@H]1C[C@H]2C=CCO[PH+](O2)O1. The van der Waals surface area contributed by atoms with E-state index in [9.17, 15) is 0 Å². The van der Waals surface area contributed by atoms with Crippen LogP contribution in [0.1, 0.15) is 34.1 Å². The number of fused-ring (bicyclic) bond motifs is 2. The molecule has 2 aliphatic heterocycles. The molecule has 1 fully saturated rings. The second-order valence-electron chi connectivity index (χ2n) is 9.80. The summed E-state index contributed by atoms with van der Waals surface area (Å²) < 4.78 is 24.6. The van der Waals surface area contributed by atoms with Crippen LogP contribution in [0.2, 0.25) is 5.04 Å². The smallest absolute Gasteiger partial charge is 0.399 e. The summed E-state index contributed by atoms with van der Waals surface area (Å²) in [5.74, 6) is 0.259. The van der Waals surface area contributed by atoms with Crippen LogP contribution < -0.4 is 10.4 Å². The van der Waals surface area contributed by atoms with Gasteiger partial charge < -0.3 is 4.43 Å². The van der Waals surface area contributed by atoms with E-state index >= 15 is 0 Å². The highest BCUT2D eigenvalue weighted by Crippen LogP contribution is 2.50. The fourth-order valence-electron chi connectivity index (χ4n) is 4.76. The zero-order valence-corrected chi connectivity index (χ0v) is 22.1. The van der Waals surface area contributed by atoms with Crippen LogP contribution in [0.4, 0.5) is 0 Å². The molecule has 1 unspecified atom stereocenters. The van der Waals surface area contributed by atoms with E-state index < -0.39 is 16.9 Å². The van der Waals surface area contributed by atoms with E-state index in [1.807, 2.05) is 6.08 Å². The summed E-state index contributed by atoms with van der Waals surface area (Å²) >= 11 is 0. The Balaban J connectivity index is 1.52. The Labute approximate surface area is 200 Å². The van der Waals surface area contributed by atoms with E-state index in [1.54, 1.807) is 0 Å². The van der Waals surface area contributed by atoms with Gasteiger partial charge in [-0.25, -0.2) is 0 Å². The van der Waals surface area contributed by atoms with Crippen molar-refractivity contribution in [3.63, 3.8) is 0 Å². The Hall–Kier alpha value is -1.59. The molecule has 2 aliphatic rings. The third-order valence-electron chi connectivity index (χ3n) is 6.45. The third-order valence-corrected chi connectivity index (χ3v) is 12.8. The molecule has 0 aromatic heterocycles. The summed E-state index contributed by atoms with van der Waals surface area (Å²) in [6.07, 6.45) is 9.60. The highest BCUT2D eigenvalue weighted by Gasteiger charge is 2.50. The van der Waals surface area contributed by atoms with Gasteiger partial charge in [0.2, 0.25) is 0 Å². The zero-order chi connectivity index (χ0) is 23.3. The van der Waals surface area contributed by atoms with Gasteiger partial charge in [0, 0.05) is 12.3 Å². The zero-order valence-electron chi connectivity index (χ0n) is 20.1. The Morgan fingerprint density at radius 2 is 1.67 bits per heavy atom. The van der Waals surface area contributed by atoms with Crippen LogP contribution in [0.3, 0.4) is 0 Å². The molecule has 0 amide bonds. The van der Waals surface area contributed by atoms with Crippen molar-refractivity contribution in [3.05, 3.63) is 85.0 Å². The number of hydrogen-bond acceptors (Lipinski definition) is 4. The van der Waals surface area contributed by atoms with Gasteiger partial charge in [-0.1, -0.05) is 113 Å². The minimum Gasteiger partial charge on any atom is -0.404 e. The van der Waals surface area contributed by atoms with E-state index in [4.69, 9.17) is 18.0 Å². The molecule has 33 heavy (non-hydrogen) atoms. The number of hydrogen-bond donors (Lipinski definition) is 0. The maximum absolute atomic E-state index is 6.96. The van der Waals surface area contributed by atoms with Crippen LogP contribution in [-0.4, -0.2) is 33.7 Å². The van der Waals surface area contributed by atoms with Gasteiger partial charge >= 0.3 is 8.60 Å². The molecule has 4 nitrogen and oxygen atoms in total. The van der Waals surface area contributed by atoms with Crippen molar-refractivity contribution < 1.29 is 18.0 Å². The molecule has 0 spiro atoms. The van der Waals surface area contributed by atoms with Crippen molar-refractivity contribution in [2.24, 2.45) is 5.92 Å². The second-order valence-corrected chi connectivity index (χ2v) is 15.4. The van der Waals surface area contributed by atoms with Crippen LogP contribution in [0.15, 0.2) is 85.0 Å². The first-order valence-corrected chi connectivity index (χ1v) is 14.9. The van der Waals surface area contributed by atoms with Crippen molar-refractivity contribution in [3.8, 4) is 0 Å². The summed E-state index contributed by atoms with van der Waals surface area (Å²) in [4.78, 5) is 0. The van der Waals surface area contributed by atoms with E-state index in [1.165, 1.54) is 10.4 Å². The highest BCUT2D eigenvalue weighted by molar-refractivity contribution is 7.41. The van der Waals surface area contributed by atoms with Gasteiger partial charge in [0.15, 0.2) is 0 Å². The van der Waals surface area contributed by atoms with E-state index in [2.05, 4.69) is 107 Å². The Morgan fingerprint density at radius 1 is 1.03 bits per heavy atom. The van der Waals surface area contributed by atoms with Crippen molar-refractivity contribution in [2.45, 2.75) is 51.4 Å². The lowest BCUT2D eigenvalue weighted by atomic mass is 9.98. The van der Waals surface area contributed by atoms with Crippen molar-refractivity contribution in [2.75, 3.05) is 13.2 Å². The largest absolute Gasteiger partial charge is 0.404 e. The Bertz CT molecular complexity index is 902. The first-order valence-electron chi connectivity index (χ1n) is 11.8. The summed E-state index contributed by atoms with van der Waals surface area (Å²) in [5, 5.41) is 2.58. The van der Waals surface area contributed by atoms with Crippen LogP contribution >= 0.6 is 8.60 Å². The minimum atomic E-state index is -2.51. The van der Waals surface area contributed by atoms with Gasteiger partial charge in [-0.2, -0.15) is 13.6 Å². The quantitative estimate of drug-likeness (QED) is 0.297. The standard InChI is InChI=1S/C27H36O4PSi/c1-22(26-21-23-14-12-19-28-32(30-23)31-26)13-11-20-29-33(27(2,3)4,24-15-7-5-8-16-24)25-17-9-6-10-18-25/h5-18,22-23,26,32H,19-21H2,1-4H3/q+1/b13-11+/t22-,23-,26+/m1/s1. The average molecular weight is 484 g/mol. The molecule has 0 N–H and O–H groups in total. The normalized spacial score (nSPS) is 24.5. The van der Waals surface area contributed by atoms with Gasteiger partial charge in [0.1, 0.15) is 18.8 Å². The molecule has 2 aromatic rings. The molecule has 4 rings (SSSR count). The molecule has 2 bridgehead atoms. The molecule has 4 atom stereocenters. The van der Waals surface area contributed by atoms with Crippen LogP contribution in [0.5, 0.6) is 0 Å². The molecule has 0 radical (unpaired) electrons. The van der Waals surface area contributed by atoms with Crippen LogP contribution in [0.25, 0.3) is 0 Å². The molecule has 2 aromatic carbocycles. The van der Waals surface area contributed by atoms with Crippen molar-refractivity contribution >= 4 is 27.3 Å². The first-order chi connectivity index (χ1) is 15.9. The molecular weight excluding hydrogens is 447 g/mol. The van der Waals surface area contributed by atoms with Crippen molar-refractivity contribution in [1.29, 1.82) is 0 Å². The van der Waals surface area contributed by atoms with E-state index in [0.29, 0.717) is 13.2 Å². The molecule has 0 saturated carbocycles. The van der Waals surface area contributed by atoms with E-state index in [0.717, 1.165) is 6.42 Å². The molecular formula is C27H36O4PSi+. The van der Waals surface area contributed by atoms with Crippen LogP contribution in [-0.2, 0) is 18.0 Å². The monoisotopic (exact) mass is 483 g/mol. The summed E-state index contributed by atoms with van der Waals surface area (Å²) in [6, 6.07) is 21.5. The van der Waals surface area contributed by atoms with Gasteiger partial charge in [-0.3, -0.25) is 0 Å². The van der Waals surface area contributed by atoms with Gasteiger partial charge in [0.25, 0.3) is 8.32 Å². The Morgan fingerprint density at radius 3 is 2.27 bits per heavy atom. The lowest BCUT2D eigenvalue weighted by Crippen LogP contribution is -2.66. The third kappa shape index (κ3) is 5.56. The fourth-order valence-corrected chi connectivity index (χ4v) is 10.7. The molecule has 0 aliphatic carbocycles. The summed E-state index contributed by atoms with van der Waals surface area (Å²) in [6.45, 7) is 10.3. The summed E-state index contributed by atoms with van der Waals surface area (Å²) in [5.41, 5.74) is 0. The van der Waals surface area contributed by atoms with E-state index in [-0.39, 0.29) is 23.2 Å². The summed E-state index contributed by atoms with van der Waals surface area (Å²) in [7, 11) is -4.15. The maximum atomic E-state index is 6.96. The Kier molecular flexibility index (Phi) is 8.01. The second kappa shape index (κ2) is 10.8. The highest BCUT2D eigenvalue weighted by atomic mass is 31.2. The lowest BCUT2D eigenvalue weighted by Gasteiger charge is -2.42. The average Bonchev–Trinajstić information content (AvgIpc) is 2.98. The van der Waals surface area contributed by atoms with Gasteiger partial charge in [-0.15, -0.1) is 0 Å². The predicted octanol–water partition coefficient (Wildman–Crippen LogP) is 5.48. The van der Waals surface area contributed by atoms with Crippen LogP contribution in [0, 0.1) is 5.92 Å². The molecule has 6 heteroatoms. The topological polar surface area (TPSA) is 36.9 Å². The van der Waals surface area contributed by atoms with Gasteiger partial charge in [-0.05, 0) is 15.4 Å². The molecule has 176 valence electrons. The maximum Gasteiger partial charge on any atom is 0.399 e. The van der Waals surface area contributed by atoms with Crippen molar-refractivity contribution in [1.82, 2.24) is 0 Å².